The number of benzene rings is 1. The van der Waals surface area contributed by atoms with Crippen LogP contribution in [-0.2, 0) is 6.54 Å². The van der Waals surface area contributed by atoms with Gasteiger partial charge in [-0.15, -0.1) is 0 Å². The van der Waals surface area contributed by atoms with Crippen LogP contribution in [0.2, 0.25) is 0 Å². The summed E-state index contributed by atoms with van der Waals surface area (Å²) in [6, 6.07) is 5.61. The average Bonchev–Trinajstić information content (AvgIpc) is 3.20. The van der Waals surface area contributed by atoms with Crippen molar-refractivity contribution in [3.8, 4) is 0 Å². The molecule has 1 amide bonds. The van der Waals surface area contributed by atoms with Gasteiger partial charge in [0.15, 0.2) is 0 Å². The van der Waals surface area contributed by atoms with E-state index in [1.165, 1.54) is 0 Å². The Balaban J connectivity index is 1.72. The molecule has 0 bridgehead atoms. The Morgan fingerprint density at radius 2 is 2.10 bits per heavy atom. The van der Waals surface area contributed by atoms with Gasteiger partial charge >= 0.3 is 0 Å². The molecule has 2 aromatic heterocycles. The first-order valence-electron chi connectivity index (χ1n) is 10.2. The zero-order valence-corrected chi connectivity index (χ0v) is 17.0. The highest BCUT2D eigenvalue weighted by Gasteiger charge is 2.38. The maximum absolute atomic E-state index is 13.6. The van der Waals surface area contributed by atoms with E-state index in [0.717, 1.165) is 19.4 Å². The molecule has 0 unspecified atom stereocenters. The molecule has 9 heteroatoms. The lowest BCUT2D eigenvalue weighted by Crippen LogP contribution is -2.40. The van der Waals surface area contributed by atoms with Crippen LogP contribution >= 0.6 is 0 Å². The van der Waals surface area contributed by atoms with Crippen LogP contribution in [-0.4, -0.2) is 51.6 Å². The predicted octanol–water partition coefficient (Wildman–Crippen LogP) is 1.88. The predicted molar refractivity (Wildman–Crippen MR) is 115 cm³/mol. The molecule has 2 aliphatic rings. The minimum atomic E-state index is -0.194. The van der Waals surface area contributed by atoms with Crippen molar-refractivity contribution >= 4 is 34.3 Å². The summed E-state index contributed by atoms with van der Waals surface area (Å²) >= 11 is 0. The van der Waals surface area contributed by atoms with E-state index in [1.807, 2.05) is 19.1 Å². The van der Waals surface area contributed by atoms with Gasteiger partial charge in [-0.1, -0.05) is 6.07 Å². The van der Waals surface area contributed by atoms with Gasteiger partial charge in [-0.25, -0.2) is 9.97 Å². The summed E-state index contributed by atoms with van der Waals surface area (Å²) in [6.45, 7) is 3.75. The van der Waals surface area contributed by atoms with Gasteiger partial charge in [0.1, 0.15) is 11.4 Å². The van der Waals surface area contributed by atoms with Crippen LogP contribution in [0.3, 0.4) is 0 Å². The molecule has 1 atom stereocenters. The number of nitrogens with zero attached hydrogens (tertiary/aromatic N) is 6. The van der Waals surface area contributed by atoms with E-state index in [2.05, 4.69) is 25.2 Å². The fraction of sp³-hybridized carbons (Fsp3) is 0.381. The van der Waals surface area contributed by atoms with Gasteiger partial charge in [0.05, 0.1) is 22.9 Å². The number of anilines is 3. The third-order valence-electron chi connectivity index (χ3n) is 5.97. The number of carbonyl (C=O) groups is 1. The molecule has 0 aliphatic carbocycles. The third kappa shape index (κ3) is 2.72. The molecule has 0 saturated carbocycles. The SMILES string of the molecule is CCn1cnc2cccc(N3C[C@@H]4CCCN4c4nc(NC)ncc4C3=O)c2c1=O. The molecule has 1 saturated heterocycles. The zero-order chi connectivity index (χ0) is 20.8. The quantitative estimate of drug-likeness (QED) is 0.711. The van der Waals surface area contributed by atoms with E-state index in [9.17, 15) is 9.59 Å². The maximum Gasteiger partial charge on any atom is 0.263 e. The molecule has 9 nitrogen and oxygen atoms in total. The van der Waals surface area contributed by atoms with Crippen molar-refractivity contribution in [2.45, 2.75) is 32.4 Å². The van der Waals surface area contributed by atoms with Crippen LogP contribution < -0.4 is 20.7 Å². The van der Waals surface area contributed by atoms with Crippen LogP contribution in [0, 0.1) is 0 Å². The molecule has 0 spiro atoms. The third-order valence-corrected chi connectivity index (χ3v) is 5.97. The van der Waals surface area contributed by atoms with E-state index in [-0.39, 0.29) is 17.5 Å². The Kier molecular flexibility index (Phi) is 4.38. The number of aryl methyl sites for hydroxylation is 1. The molecular weight excluding hydrogens is 382 g/mol. The van der Waals surface area contributed by atoms with Crippen LogP contribution in [0.5, 0.6) is 0 Å². The van der Waals surface area contributed by atoms with Crippen LogP contribution in [0.15, 0.2) is 35.5 Å². The molecule has 1 fully saturated rings. The van der Waals surface area contributed by atoms with Gasteiger partial charge in [0.25, 0.3) is 11.5 Å². The number of rotatable bonds is 3. The summed E-state index contributed by atoms with van der Waals surface area (Å²) < 4.78 is 1.56. The molecule has 1 aromatic carbocycles. The number of nitrogens with one attached hydrogen (secondary N) is 1. The van der Waals surface area contributed by atoms with Gasteiger partial charge in [-0.3, -0.25) is 14.2 Å². The summed E-state index contributed by atoms with van der Waals surface area (Å²) in [5.41, 5.74) is 1.50. The fourth-order valence-electron chi connectivity index (χ4n) is 4.45. The van der Waals surface area contributed by atoms with Crippen molar-refractivity contribution in [1.82, 2.24) is 19.5 Å². The first kappa shape index (κ1) is 18.5. The van der Waals surface area contributed by atoms with Gasteiger partial charge in [0, 0.05) is 38.9 Å². The number of amides is 1. The highest BCUT2D eigenvalue weighted by Crippen LogP contribution is 2.35. The number of aromatic nitrogens is 4. The molecule has 154 valence electrons. The summed E-state index contributed by atoms with van der Waals surface area (Å²) in [4.78, 5) is 44.0. The van der Waals surface area contributed by atoms with Crippen molar-refractivity contribution in [3.05, 3.63) is 46.6 Å². The van der Waals surface area contributed by atoms with Crippen LogP contribution in [0.4, 0.5) is 17.5 Å². The Labute approximate surface area is 173 Å². The van der Waals surface area contributed by atoms with Crippen molar-refractivity contribution in [2.75, 3.05) is 35.3 Å². The van der Waals surface area contributed by atoms with E-state index >= 15 is 0 Å². The second-order valence-corrected chi connectivity index (χ2v) is 7.59. The molecule has 30 heavy (non-hydrogen) atoms. The highest BCUT2D eigenvalue weighted by atomic mass is 16.2. The van der Waals surface area contributed by atoms with Crippen LogP contribution in [0.1, 0.15) is 30.1 Å². The molecule has 2 aliphatic heterocycles. The lowest BCUT2D eigenvalue weighted by Gasteiger charge is -2.27. The lowest BCUT2D eigenvalue weighted by atomic mass is 10.1. The van der Waals surface area contributed by atoms with Crippen molar-refractivity contribution in [3.63, 3.8) is 0 Å². The second kappa shape index (κ2) is 7.08. The van der Waals surface area contributed by atoms with Crippen molar-refractivity contribution in [2.24, 2.45) is 0 Å². The first-order valence-corrected chi connectivity index (χ1v) is 10.2. The summed E-state index contributed by atoms with van der Waals surface area (Å²) in [7, 11) is 1.76. The normalized spacial score (nSPS) is 18.3. The van der Waals surface area contributed by atoms with Crippen molar-refractivity contribution in [1.29, 1.82) is 0 Å². The van der Waals surface area contributed by atoms with Gasteiger partial charge in [-0.05, 0) is 31.9 Å². The first-order chi connectivity index (χ1) is 14.6. The number of hydrogen-bond acceptors (Lipinski definition) is 7. The average molecular weight is 405 g/mol. The van der Waals surface area contributed by atoms with Crippen molar-refractivity contribution < 1.29 is 4.79 Å². The fourth-order valence-corrected chi connectivity index (χ4v) is 4.45. The van der Waals surface area contributed by atoms with Gasteiger partial charge in [0.2, 0.25) is 5.95 Å². The Morgan fingerprint density at radius 1 is 1.23 bits per heavy atom. The number of fused-ring (bicyclic) bond motifs is 4. The lowest BCUT2D eigenvalue weighted by molar-refractivity contribution is 0.0988. The zero-order valence-electron chi connectivity index (χ0n) is 17.0. The largest absolute Gasteiger partial charge is 0.357 e. The Morgan fingerprint density at radius 3 is 2.90 bits per heavy atom. The van der Waals surface area contributed by atoms with E-state index in [0.29, 0.717) is 47.0 Å². The molecule has 1 N–H and O–H groups in total. The second-order valence-electron chi connectivity index (χ2n) is 7.59. The summed E-state index contributed by atoms with van der Waals surface area (Å²) in [6.07, 6.45) is 5.13. The maximum atomic E-state index is 13.6. The Hall–Kier alpha value is -3.49. The monoisotopic (exact) mass is 405 g/mol. The highest BCUT2D eigenvalue weighted by molar-refractivity contribution is 6.13. The van der Waals surface area contributed by atoms with Crippen LogP contribution in [0.25, 0.3) is 10.9 Å². The summed E-state index contributed by atoms with van der Waals surface area (Å²) in [5, 5.41) is 3.42. The summed E-state index contributed by atoms with van der Waals surface area (Å²) in [5.74, 6) is 0.954. The van der Waals surface area contributed by atoms with E-state index in [1.54, 1.807) is 35.1 Å². The standard InChI is InChI=1S/C21H23N7O2/c1-3-26-12-24-15-7-4-8-16(17(15)20(26)30)28-11-13-6-5-9-27(13)18-14(19(28)29)10-23-21(22-2)25-18/h4,7-8,10,12-13H,3,5-6,9,11H2,1-2H3,(H,22,23,25)/t13-/m0/s1. The minimum Gasteiger partial charge on any atom is -0.357 e. The molecule has 5 rings (SSSR count). The van der Waals surface area contributed by atoms with Gasteiger partial charge in [-0.2, -0.15) is 4.98 Å². The smallest absolute Gasteiger partial charge is 0.263 e. The molecule has 3 aromatic rings. The topological polar surface area (TPSA) is 96.2 Å². The Bertz CT molecular complexity index is 1210. The number of hydrogen-bond donors (Lipinski definition) is 1. The minimum absolute atomic E-state index is 0.134. The van der Waals surface area contributed by atoms with E-state index in [4.69, 9.17) is 0 Å². The van der Waals surface area contributed by atoms with E-state index < -0.39 is 0 Å². The number of carbonyl (C=O) groups excluding carboxylic acids is 1. The van der Waals surface area contributed by atoms with Gasteiger partial charge < -0.3 is 15.1 Å². The molecule has 4 heterocycles. The molecular formula is C21H23N7O2. The molecule has 0 radical (unpaired) electrons.